The van der Waals surface area contributed by atoms with E-state index < -0.39 is 0 Å². The molecule has 0 bridgehead atoms. The molecule has 0 fully saturated rings. The van der Waals surface area contributed by atoms with Crippen LogP contribution >= 0.6 is 0 Å². The number of nitrogens with one attached hydrogen (secondary N) is 1. The fraction of sp³-hybridized carbons (Fsp3) is 0.353. The number of rotatable bonds is 5. The fourth-order valence-corrected chi connectivity index (χ4v) is 2.32. The summed E-state index contributed by atoms with van der Waals surface area (Å²) in [4.78, 5) is 15.5. The molecule has 1 aromatic carbocycles. The maximum absolute atomic E-state index is 12.3. The van der Waals surface area contributed by atoms with Gasteiger partial charge in [0.1, 0.15) is 0 Å². The number of hydrogen-bond donors (Lipinski definition) is 1. The van der Waals surface area contributed by atoms with Gasteiger partial charge in [0, 0.05) is 17.5 Å². The highest BCUT2D eigenvalue weighted by Crippen LogP contribution is 2.28. The number of H-pyrrole nitrogens is 1. The van der Waals surface area contributed by atoms with Gasteiger partial charge in [-0.3, -0.25) is 0 Å². The first kappa shape index (κ1) is 14.4. The van der Waals surface area contributed by atoms with E-state index in [-0.39, 0.29) is 5.97 Å². The van der Waals surface area contributed by atoms with E-state index in [2.05, 4.69) is 18.8 Å². The number of carbonyl (C=O) groups excluding carboxylic acids is 1. The van der Waals surface area contributed by atoms with E-state index in [9.17, 15) is 4.79 Å². The third-order valence-electron chi connectivity index (χ3n) is 3.14. The van der Waals surface area contributed by atoms with Gasteiger partial charge in [0.25, 0.3) is 0 Å². The van der Waals surface area contributed by atoms with E-state index in [0.717, 1.165) is 23.2 Å². The summed E-state index contributed by atoms with van der Waals surface area (Å²) in [7, 11) is 0. The molecule has 106 valence electrons. The highest BCUT2D eigenvalue weighted by molar-refractivity contribution is 5.98. The van der Waals surface area contributed by atoms with Crippen molar-refractivity contribution in [3.05, 3.63) is 47.8 Å². The highest BCUT2D eigenvalue weighted by atomic mass is 16.5. The molecule has 20 heavy (non-hydrogen) atoms. The molecule has 0 aliphatic rings. The number of benzene rings is 1. The van der Waals surface area contributed by atoms with Gasteiger partial charge in [-0.25, -0.2) is 4.79 Å². The number of esters is 1. The van der Waals surface area contributed by atoms with Crippen molar-refractivity contribution in [2.45, 2.75) is 27.2 Å². The van der Waals surface area contributed by atoms with Gasteiger partial charge in [-0.15, -0.1) is 0 Å². The molecule has 0 amide bonds. The van der Waals surface area contributed by atoms with Crippen molar-refractivity contribution < 1.29 is 9.53 Å². The van der Waals surface area contributed by atoms with E-state index in [1.54, 1.807) is 0 Å². The molecule has 3 heteroatoms. The number of carbonyl (C=O) groups is 1. The zero-order valence-electron chi connectivity index (χ0n) is 12.3. The number of aromatic nitrogens is 1. The first-order valence-electron chi connectivity index (χ1n) is 7.06. The second kappa shape index (κ2) is 6.42. The van der Waals surface area contributed by atoms with E-state index >= 15 is 0 Å². The van der Waals surface area contributed by atoms with Crippen LogP contribution in [-0.4, -0.2) is 17.6 Å². The Morgan fingerprint density at radius 2 is 1.95 bits per heavy atom. The standard InChI is InChI=1S/C17H21NO2/c1-4-20-17(19)16-14(13-8-6-5-7-9-13)11-18-15(16)10-12(2)3/h5-9,11-12,18H,4,10H2,1-3H3. The van der Waals surface area contributed by atoms with Crippen LogP contribution in [0.2, 0.25) is 0 Å². The summed E-state index contributed by atoms with van der Waals surface area (Å²) in [5.41, 5.74) is 3.57. The Kier molecular flexibility index (Phi) is 4.61. The van der Waals surface area contributed by atoms with E-state index in [1.807, 2.05) is 43.5 Å². The summed E-state index contributed by atoms with van der Waals surface area (Å²) in [6, 6.07) is 9.92. The molecule has 0 radical (unpaired) electrons. The van der Waals surface area contributed by atoms with Gasteiger partial charge in [0.05, 0.1) is 12.2 Å². The Bertz CT molecular complexity index is 570. The van der Waals surface area contributed by atoms with Crippen molar-refractivity contribution in [2.75, 3.05) is 6.61 Å². The minimum absolute atomic E-state index is 0.247. The van der Waals surface area contributed by atoms with Crippen LogP contribution in [0.3, 0.4) is 0 Å². The smallest absolute Gasteiger partial charge is 0.340 e. The van der Waals surface area contributed by atoms with E-state index in [1.165, 1.54) is 0 Å². The van der Waals surface area contributed by atoms with Crippen LogP contribution in [-0.2, 0) is 11.2 Å². The molecule has 1 N–H and O–H groups in total. The molecule has 0 saturated carbocycles. The van der Waals surface area contributed by atoms with Crippen LogP contribution in [0.5, 0.6) is 0 Å². The van der Waals surface area contributed by atoms with Crippen molar-refractivity contribution in [3.63, 3.8) is 0 Å². The Labute approximate surface area is 120 Å². The van der Waals surface area contributed by atoms with Gasteiger partial charge in [-0.1, -0.05) is 44.2 Å². The second-order valence-electron chi connectivity index (χ2n) is 5.24. The Hall–Kier alpha value is -2.03. The van der Waals surface area contributed by atoms with Gasteiger partial charge in [0.2, 0.25) is 0 Å². The highest BCUT2D eigenvalue weighted by Gasteiger charge is 2.21. The number of ether oxygens (including phenoxy) is 1. The molecule has 0 aliphatic heterocycles. The first-order chi connectivity index (χ1) is 9.63. The average Bonchev–Trinajstić information content (AvgIpc) is 2.83. The third kappa shape index (κ3) is 3.10. The monoisotopic (exact) mass is 271 g/mol. The molecule has 0 saturated heterocycles. The van der Waals surface area contributed by atoms with Crippen molar-refractivity contribution in [3.8, 4) is 11.1 Å². The lowest BCUT2D eigenvalue weighted by Gasteiger charge is -2.09. The topological polar surface area (TPSA) is 42.1 Å². The molecule has 1 aromatic heterocycles. The molecular formula is C17H21NO2. The van der Waals surface area contributed by atoms with E-state index in [0.29, 0.717) is 18.1 Å². The lowest BCUT2D eigenvalue weighted by atomic mass is 9.99. The van der Waals surface area contributed by atoms with Crippen LogP contribution in [0.25, 0.3) is 11.1 Å². The summed E-state index contributed by atoms with van der Waals surface area (Å²) >= 11 is 0. The minimum Gasteiger partial charge on any atom is -0.462 e. The normalized spacial score (nSPS) is 10.8. The summed E-state index contributed by atoms with van der Waals surface area (Å²) in [6.45, 7) is 6.49. The van der Waals surface area contributed by atoms with E-state index in [4.69, 9.17) is 4.74 Å². The first-order valence-corrected chi connectivity index (χ1v) is 7.06. The second-order valence-corrected chi connectivity index (χ2v) is 5.24. The fourth-order valence-electron chi connectivity index (χ4n) is 2.32. The maximum atomic E-state index is 12.3. The molecule has 0 unspecified atom stereocenters. The maximum Gasteiger partial charge on any atom is 0.340 e. The van der Waals surface area contributed by atoms with Gasteiger partial charge in [-0.05, 0) is 24.8 Å². The zero-order chi connectivity index (χ0) is 14.5. The van der Waals surface area contributed by atoms with Crippen molar-refractivity contribution in [1.29, 1.82) is 0 Å². The van der Waals surface area contributed by atoms with Crippen molar-refractivity contribution in [2.24, 2.45) is 5.92 Å². The van der Waals surface area contributed by atoms with Gasteiger partial charge >= 0.3 is 5.97 Å². The average molecular weight is 271 g/mol. The lowest BCUT2D eigenvalue weighted by Crippen LogP contribution is -2.09. The van der Waals surface area contributed by atoms with Crippen molar-refractivity contribution >= 4 is 5.97 Å². The predicted molar refractivity (Wildman–Crippen MR) is 80.7 cm³/mol. The van der Waals surface area contributed by atoms with Crippen LogP contribution in [0, 0.1) is 5.92 Å². The van der Waals surface area contributed by atoms with Gasteiger partial charge < -0.3 is 9.72 Å². The Morgan fingerprint density at radius 3 is 2.55 bits per heavy atom. The minimum atomic E-state index is -0.247. The van der Waals surface area contributed by atoms with Gasteiger partial charge in [0.15, 0.2) is 0 Å². The number of aromatic amines is 1. The summed E-state index contributed by atoms with van der Waals surface area (Å²) in [6.07, 6.45) is 2.74. The third-order valence-corrected chi connectivity index (χ3v) is 3.14. The summed E-state index contributed by atoms with van der Waals surface area (Å²) in [5.74, 6) is 0.230. The summed E-state index contributed by atoms with van der Waals surface area (Å²) in [5, 5.41) is 0. The predicted octanol–water partition coefficient (Wildman–Crippen LogP) is 4.06. The quantitative estimate of drug-likeness (QED) is 0.833. The van der Waals surface area contributed by atoms with Crippen LogP contribution in [0.1, 0.15) is 36.8 Å². The molecule has 0 spiro atoms. The molecule has 0 atom stereocenters. The lowest BCUT2D eigenvalue weighted by molar-refractivity contribution is 0.0526. The molecular weight excluding hydrogens is 250 g/mol. The molecule has 3 nitrogen and oxygen atoms in total. The van der Waals surface area contributed by atoms with Crippen molar-refractivity contribution in [1.82, 2.24) is 4.98 Å². The molecule has 1 heterocycles. The van der Waals surface area contributed by atoms with Gasteiger partial charge in [-0.2, -0.15) is 0 Å². The number of hydrogen-bond acceptors (Lipinski definition) is 2. The Balaban J connectivity index is 2.47. The molecule has 2 rings (SSSR count). The van der Waals surface area contributed by atoms with Crippen LogP contribution in [0.4, 0.5) is 0 Å². The zero-order valence-corrected chi connectivity index (χ0v) is 12.3. The SMILES string of the molecule is CCOC(=O)c1c(-c2ccccc2)c[nH]c1CC(C)C. The largest absolute Gasteiger partial charge is 0.462 e. The Morgan fingerprint density at radius 1 is 1.25 bits per heavy atom. The molecule has 0 aliphatic carbocycles. The molecule has 2 aromatic rings. The summed E-state index contributed by atoms with van der Waals surface area (Å²) < 4.78 is 5.21. The van der Waals surface area contributed by atoms with Crippen LogP contribution in [0.15, 0.2) is 36.5 Å². The van der Waals surface area contributed by atoms with Crippen LogP contribution < -0.4 is 0 Å².